The summed E-state index contributed by atoms with van der Waals surface area (Å²) in [7, 11) is -3.32. The minimum atomic E-state index is -3.32. The quantitative estimate of drug-likeness (QED) is 0.851. The molecule has 0 spiro atoms. The molecule has 6 nitrogen and oxygen atoms in total. The van der Waals surface area contributed by atoms with Crippen molar-refractivity contribution < 1.29 is 17.6 Å². The maximum atomic E-state index is 13.1. The third-order valence-corrected chi connectivity index (χ3v) is 6.90. The molecule has 1 aliphatic carbocycles. The number of fused-ring (bicyclic) bond motifs is 1. The summed E-state index contributed by atoms with van der Waals surface area (Å²) in [4.78, 5) is 17.0. The van der Waals surface area contributed by atoms with Crippen molar-refractivity contribution in [1.29, 1.82) is 0 Å². The van der Waals surface area contributed by atoms with Crippen LogP contribution in [0.25, 0.3) is 0 Å². The van der Waals surface area contributed by atoms with Crippen LogP contribution in [0.4, 0.5) is 15.9 Å². The second kappa shape index (κ2) is 6.84. The average Bonchev–Trinajstić information content (AvgIpc) is 2.61. The molecule has 1 saturated carbocycles. The zero-order valence-electron chi connectivity index (χ0n) is 15.6. The zero-order chi connectivity index (χ0) is 19.9. The van der Waals surface area contributed by atoms with Crippen LogP contribution in [0.5, 0.6) is 0 Å². The maximum Gasteiger partial charge on any atom is 0.236 e. The van der Waals surface area contributed by atoms with Crippen LogP contribution >= 0.6 is 0 Å². The first-order valence-electron chi connectivity index (χ1n) is 9.34. The number of nitrogens with zero attached hydrogens (tertiary/aromatic N) is 2. The van der Waals surface area contributed by atoms with Gasteiger partial charge in [0.2, 0.25) is 15.9 Å². The van der Waals surface area contributed by atoms with E-state index in [1.165, 1.54) is 22.7 Å². The predicted molar refractivity (Wildman–Crippen MR) is 105 cm³/mol. The Hall–Kier alpha value is -2.48. The number of sulfonamides is 1. The molecule has 1 aliphatic heterocycles. The number of carbonyl (C=O) groups is 1. The molecule has 1 amide bonds. The highest BCUT2D eigenvalue weighted by atomic mass is 32.2. The molecule has 28 heavy (non-hydrogen) atoms. The van der Waals surface area contributed by atoms with Crippen molar-refractivity contribution in [1.82, 2.24) is 4.98 Å². The Balaban J connectivity index is 1.65. The summed E-state index contributed by atoms with van der Waals surface area (Å²) in [6, 6.07) is 8.35. The third-order valence-electron chi connectivity index (χ3n) is 5.72. The lowest BCUT2D eigenvalue weighted by molar-refractivity contribution is -0.124. The summed E-state index contributed by atoms with van der Waals surface area (Å²) in [6.45, 7) is 0.479. The summed E-state index contributed by atoms with van der Waals surface area (Å²) in [5.41, 5.74) is 1.89. The van der Waals surface area contributed by atoms with Gasteiger partial charge in [-0.2, -0.15) is 0 Å². The van der Waals surface area contributed by atoms with Crippen molar-refractivity contribution in [2.45, 2.75) is 37.5 Å². The van der Waals surface area contributed by atoms with Gasteiger partial charge in [0.15, 0.2) is 0 Å². The van der Waals surface area contributed by atoms with Crippen LogP contribution < -0.4 is 9.62 Å². The van der Waals surface area contributed by atoms with Crippen LogP contribution in [0.15, 0.2) is 36.5 Å². The molecule has 1 aromatic heterocycles. The number of amides is 1. The number of rotatable bonds is 4. The molecular formula is C20H22FN3O3S. The fourth-order valence-corrected chi connectivity index (χ4v) is 5.06. The Kier molecular flexibility index (Phi) is 4.61. The number of halogens is 1. The summed E-state index contributed by atoms with van der Waals surface area (Å²) in [5.74, 6) is -0.297. The fourth-order valence-electron chi connectivity index (χ4n) is 4.07. The van der Waals surface area contributed by atoms with Crippen LogP contribution in [0.3, 0.4) is 0 Å². The van der Waals surface area contributed by atoms with Crippen LogP contribution in [-0.2, 0) is 26.7 Å². The van der Waals surface area contributed by atoms with Crippen molar-refractivity contribution in [3.05, 3.63) is 53.5 Å². The zero-order valence-corrected chi connectivity index (χ0v) is 16.4. The van der Waals surface area contributed by atoms with Crippen molar-refractivity contribution in [2.75, 3.05) is 22.4 Å². The smallest absolute Gasteiger partial charge is 0.236 e. The molecule has 0 radical (unpaired) electrons. The number of anilines is 2. The minimum Gasteiger partial charge on any atom is -0.310 e. The highest BCUT2D eigenvalue weighted by molar-refractivity contribution is 7.92. The van der Waals surface area contributed by atoms with Gasteiger partial charge < -0.3 is 5.32 Å². The minimum absolute atomic E-state index is 0.159. The summed E-state index contributed by atoms with van der Waals surface area (Å²) in [5, 5.41) is 2.80. The van der Waals surface area contributed by atoms with Crippen molar-refractivity contribution in [2.24, 2.45) is 0 Å². The van der Waals surface area contributed by atoms with Crippen LogP contribution in [0.1, 0.15) is 36.8 Å². The number of carbonyl (C=O) groups excluding carboxylic acids is 1. The van der Waals surface area contributed by atoms with Gasteiger partial charge in [0.05, 0.1) is 23.6 Å². The van der Waals surface area contributed by atoms with E-state index >= 15 is 0 Å². The van der Waals surface area contributed by atoms with E-state index in [4.69, 9.17) is 0 Å². The van der Waals surface area contributed by atoms with Crippen LogP contribution in [0, 0.1) is 5.82 Å². The van der Waals surface area contributed by atoms with Crippen LogP contribution in [0.2, 0.25) is 0 Å². The Morgan fingerprint density at radius 2 is 2.00 bits per heavy atom. The van der Waals surface area contributed by atoms with E-state index in [1.807, 2.05) is 18.2 Å². The van der Waals surface area contributed by atoms with Gasteiger partial charge in [-0.3, -0.25) is 9.10 Å². The molecule has 0 atom stereocenters. The van der Waals surface area contributed by atoms with Crippen molar-refractivity contribution in [3.8, 4) is 0 Å². The first-order valence-corrected chi connectivity index (χ1v) is 11.2. The van der Waals surface area contributed by atoms with E-state index in [2.05, 4.69) is 10.3 Å². The Morgan fingerprint density at radius 3 is 2.61 bits per heavy atom. The van der Waals surface area contributed by atoms with Gasteiger partial charge in [-0.05, 0) is 55.0 Å². The van der Waals surface area contributed by atoms with E-state index in [1.54, 1.807) is 0 Å². The second-order valence-electron chi connectivity index (χ2n) is 7.53. The Bertz CT molecular complexity index is 1020. The molecule has 1 fully saturated rings. The molecule has 1 N–H and O–H groups in total. The normalized spacial score (nSPS) is 18.1. The van der Waals surface area contributed by atoms with E-state index in [9.17, 15) is 17.6 Å². The van der Waals surface area contributed by atoms with Crippen LogP contribution in [-0.4, -0.2) is 32.1 Å². The molecule has 0 unspecified atom stereocenters. The second-order valence-corrected chi connectivity index (χ2v) is 9.44. The van der Waals surface area contributed by atoms with Gasteiger partial charge in [-0.25, -0.2) is 17.8 Å². The Labute approximate surface area is 163 Å². The van der Waals surface area contributed by atoms with Gasteiger partial charge in [-0.15, -0.1) is 0 Å². The molecule has 148 valence electrons. The summed E-state index contributed by atoms with van der Waals surface area (Å²) in [6.07, 6.45) is 6.20. The molecule has 8 heteroatoms. The van der Waals surface area contributed by atoms with E-state index < -0.39 is 21.3 Å². The largest absolute Gasteiger partial charge is 0.310 e. The molecule has 0 bridgehead atoms. The predicted octanol–water partition coefficient (Wildman–Crippen LogP) is 2.99. The average molecular weight is 403 g/mol. The fraction of sp³-hybridized carbons (Fsp3) is 0.400. The van der Waals surface area contributed by atoms with E-state index in [0.29, 0.717) is 30.9 Å². The first-order chi connectivity index (χ1) is 13.3. The van der Waals surface area contributed by atoms with Gasteiger partial charge in [-0.1, -0.05) is 18.6 Å². The van der Waals surface area contributed by atoms with Gasteiger partial charge >= 0.3 is 0 Å². The summed E-state index contributed by atoms with van der Waals surface area (Å²) < 4.78 is 38.6. The highest BCUT2D eigenvalue weighted by Crippen LogP contribution is 2.46. The van der Waals surface area contributed by atoms with Crippen molar-refractivity contribution in [3.63, 3.8) is 0 Å². The number of hydrogen-bond acceptors (Lipinski definition) is 4. The lowest BCUT2D eigenvalue weighted by Gasteiger charge is -2.41. The third kappa shape index (κ3) is 3.26. The molecule has 1 aromatic carbocycles. The lowest BCUT2D eigenvalue weighted by atomic mass is 9.63. The van der Waals surface area contributed by atoms with E-state index in [0.717, 1.165) is 36.6 Å². The highest BCUT2D eigenvalue weighted by Gasteiger charge is 2.46. The maximum absolute atomic E-state index is 13.1. The lowest BCUT2D eigenvalue weighted by Crippen LogP contribution is -2.46. The number of pyridine rings is 1. The topological polar surface area (TPSA) is 79.4 Å². The Morgan fingerprint density at radius 1 is 1.21 bits per heavy atom. The summed E-state index contributed by atoms with van der Waals surface area (Å²) >= 11 is 0. The molecular weight excluding hydrogens is 381 g/mol. The van der Waals surface area contributed by atoms with Gasteiger partial charge in [0, 0.05) is 6.54 Å². The number of aryl methyl sites for hydroxylation is 1. The van der Waals surface area contributed by atoms with E-state index in [-0.39, 0.29) is 5.91 Å². The van der Waals surface area contributed by atoms with Crippen molar-refractivity contribution >= 4 is 27.4 Å². The molecule has 2 heterocycles. The van der Waals surface area contributed by atoms with Gasteiger partial charge in [0.1, 0.15) is 11.6 Å². The SMILES string of the molecule is CS(=O)(=O)N1CCCc2cc(C3(C(=O)Nc4ccc(F)cn4)CCC3)ccc21. The molecule has 4 rings (SSSR count). The molecule has 0 saturated heterocycles. The number of benzene rings is 1. The number of hydrogen-bond donors (Lipinski definition) is 1. The monoisotopic (exact) mass is 403 g/mol. The first kappa shape index (κ1) is 18.9. The molecule has 2 aromatic rings. The standard InChI is InChI=1S/C20H22FN3O3S/c1-28(26,27)24-11-2-4-14-12-15(5-7-17(14)24)20(9-3-10-20)19(25)23-18-8-6-16(21)13-22-18/h5-8,12-13H,2-4,9-11H2,1H3,(H,22,23,25). The number of aromatic nitrogens is 1. The molecule has 2 aliphatic rings. The number of nitrogens with one attached hydrogen (secondary N) is 1. The van der Waals surface area contributed by atoms with Gasteiger partial charge in [0.25, 0.3) is 0 Å².